The molecule has 20 heavy (non-hydrogen) atoms. The van der Waals surface area contributed by atoms with Crippen molar-refractivity contribution >= 4 is 21.9 Å². The smallest absolute Gasteiger partial charge is 0.335 e. The molecule has 0 radical (unpaired) electrons. The van der Waals surface area contributed by atoms with Gasteiger partial charge in [-0.15, -0.1) is 0 Å². The van der Waals surface area contributed by atoms with E-state index in [0.29, 0.717) is 10.9 Å². The van der Waals surface area contributed by atoms with Gasteiger partial charge in [0.15, 0.2) is 0 Å². The molecule has 1 heterocycles. The Labute approximate surface area is 122 Å². The van der Waals surface area contributed by atoms with E-state index >= 15 is 0 Å². The Kier molecular flexibility index (Phi) is 4.29. The van der Waals surface area contributed by atoms with E-state index in [9.17, 15) is 9.18 Å². The number of carboxylic acid groups (broad SMARTS) is 1. The number of nitrogens with zero attached hydrogens (tertiary/aromatic N) is 2. The van der Waals surface area contributed by atoms with E-state index in [-0.39, 0.29) is 22.9 Å². The highest BCUT2D eigenvalue weighted by atomic mass is 79.9. The van der Waals surface area contributed by atoms with Gasteiger partial charge in [0.25, 0.3) is 5.88 Å². The Morgan fingerprint density at radius 2 is 2.20 bits per heavy atom. The van der Waals surface area contributed by atoms with Crippen molar-refractivity contribution < 1.29 is 19.0 Å². The molecule has 0 saturated carbocycles. The number of hydrogen-bond donors (Lipinski definition) is 1. The molecule has 1 aromatic carbocycles. The van der Waals surface area contributed by atoms with Crippen LogP contribution in [0.4, 0.5) is 4.39 Å². The number of halogens is 2. The molecule has 0 fully saturated rings. The predicted octanol–water partition coefficient (Wildman–Crippen LogP) is 3.43. The lowest BCUT2D eigenvalue weighted by atomic mass is 10.2. The fraction of sp³-hybridized carbons (Fsp3) is 0.154. The van der Waals surface area contributed by atoms with Crippen LogP contribution in [-0.4, -0.2) is 21.0 Å². The zero-order valence-electron chi connectivity index (χ0n) is 10.4. The molecule has 2 aromatic rings. The molecule has 0 aliphatic carbocycles. The minimum absolute atomic E-state index is 0.0355. The summed E-state index contributed by atoms with van der Waals surface area (Å²) in [6.07, 6.45) is 1.60. The number of carboxylic acids is 1. The van der Waals surface area contributed by atoms with E-state index in [1.165, 1.54) is 24.5 Å². The highest BCUT2D eigenvalue weighted by molar-refractivity contribution is 9.10. The number of hydrogen-bond acceptors (Lipinski definition) is 4. The number of aryl methyl sites for hydroxylation is 1. The number of aromatic nitrogens is 2. The van der Waals surface area contributed by atoms with Gasteiger partial charge in [0.1, 0.15) is 12.1 Å². The lowest BCUT2D eigenvalue weighted by Crippen LogP contribution is -2.01. The van der Waals surface area contributed by atoms with Crippen LogP contribution in [0.5, 0.6) is 11.6 Å². The number of ether oxygens (including phenoxy) is 1. The van der Waals surface area contributed by atoms with E-state index in [1.807, 2.05) is 0 Å². The first-order valence-electron chi connectivity index (χ1n) is 5.73. The van der Waals surface area contributed by atoms with E-state index in [2.05, 4.69) is 25.9 Å². The molecular weight excluding hydrogens is 331 g/mol. The van der Waals surface area contributed by atoms with Gasteiger partial charge in [-0.1, -0.05) is 6.92 Å². The van der Waals surface area contributed by atoms with Crippen molar-refractivity contribution in [2.75, 3.05) is 0 Å². The number of benzene rings is 1. The second-order valence-electron chi connectivity index (χ2n) is 3.85. The van der Waals surface area contributed by atoms with E-state index < -0.39 is 11.8 Å². The van der Waals surface area contributed by atoms with E-state index in [1.54, 1.807) is 6.92 Å². The molecule has 0 spiro atoms. The molecule has 7 heteroatoms. The third-order valence-corrected chi connectivity index (χ3v) is 3.20. The predicted molar refractivity (Wildman–Crippen MR) is 72.5 cm³/mol. The fourth-order valence-corrected chi connectivity index (χ4v) is 1.85. The molecule has 1 aromatic heterocycles. The van der Waals surface area contributed by atoms with Crippen LogP contribution in [0.2, 0.25) is 0 Å². The van der Waals surface area contributed by atoms with Crippen LogP contribution in [0.3, 0.4) is 0 Å². The summed E-state index contributed by atoms with van der Waals surface area (Å²) in [6, 6.07) is 4.21. The minimum atomic E-state index is -1.10. The molecular formula is C13H10BrFN2O3. The van der Waals surface area contributed by atoms with Gasteiger partial charge in [-0.3, -0.25) is 0 Å². The van der Waals surface area contributed by atoms with Crippen LogP contribution in [0.25, 0.3) is 0 Å². The second kappa shape index (κ2) is 5.96. The standard InChI is InChI=1S/C13H10BrFN2O3/c1-2-9-11(15)12(17-6-16-9)20-10-5-7(13(18)19)3-4-8(10)14/h3-6H,2H2,1H3,(H,18,19). The van der Waals surface area contributed by atoms with Gasteiger partial charge in [-0.2, -0.15) is 9.37 Å². The molecule has 104 valence electrons. The zero-order valence-corrected chi connectivity index (χ0v) is 12.0. The summed E-state index contributed by atoms with van der Waals surface area (Å²) < 4.78 is 19.8. The monoisotopic (exact) mass is 340 g/mol. The quantitative estimate of drug-likeness (QED) is 0.922. The van der Waals surface area contributed by atoms with Crippen LogP contribution < -0.4 is 4.74 Å². The summed E-state index contributed by atoms with van der Waals surface area (Å²) in [5, 5.41) is 8.93. The minimum Gasteiger partial charge on any atom is -0.478 e. The van der Waals surface area contributed by atoms with Gasteiger partial charge >= 0.3 is 5.97 Å². The van der Waals surface area contributed by atoms with Crippen molar-refractivity contribution in [3.05, 3.63) is 46.1 Å². The summed E-state index contributed by atoms with van der Waals surface area (Å²) in [5.74, 6) is -1.81. The summed E-state index contributed by atoms with van der Waals surface area (Å²) in [4.78, 5) is 18.4. The van der Waals surface area contributed by atoms with Gasteiger partial charge in [-0.25, -0.2) is 9.78 Å². The van der Waals surface area contributed by atoms with E-state index in [0.717, 1.165) is 0 Å². The molecule has 0 unspecified atom stereocenters. The third kappa shape index (κ3) is 2.93. The molecule has 1 N–H and O–H groups in total. The Balaban J connectivity index is 2.39. The summed E-state index contributed by atoms with van der Waals surface area (Å²) in [5.41, 5.74) is 0.272. The van der Waals surface area contributed by atoms with Crippen molar-refractivity contribution in [3.63, 3.8) is 0 Å². The van der Waals surface area contributed by atoms with Crippen LogP contribution >= 0.6 is 15.9 Å². The lowest BCUT2D eigenvalue weighted by molar-refractivity contribution is 0.0696. The van der Waals surface area contributed by atoms with Gasteiger partial charge in [0.2, 0.25) is 5.82 Å². The first-order valence-corrected chi connectivity index (χ1v) is 6.52. The Hall–Kier alpha value is -2.02. The topological polar surface area (TPSA) is 72.3 Å². The summed E-state index contributed by atoms with van der Waals surface area (Å²) in [6.45, 7) is 1.76. The summed E-state index contributed by atoms with van der Waals surface area (Å²) in [7, 11) is 0. The van der Waals surface area contributed by atoms with Crippen molar-refractivity contribution in [2.24, 2.45) is 0 Å². The average Bonchev–Trinajstić information content (AvgIpc) is 2.43. The first-order chi connectivity index (χ1) is 9.52. The highest BCUT2D eigenvalue weighted by Gasteiger charge is 2.15. The molecule has 0 aliphatic heterocycles. The van der Waals surface area contributed by atoms with Crippen LogP contribution in [0, 0.1) is 5.82 Å². The van der Waals surface area contributed by atoms with Crippen LogP contribution in [0.15, 0.2) is 29.0 Å². The maximum Gasteiger partial charge on any atom is 0.335 e. The second-order valence-corrected chi connectivity index (χ2v) is 4.70. The van der Waals surface area contributed by atoms with Gasteiger partial charge < -0.3 is 9.84 Å². The van der Waals surface area contributed by atoms with Gasteiger partial charge in [0, 0.05) is 0 Å². The normalized spacial score (nSPS) is 10.3. The SMILES string of the molecule is CCc1ncnc(Oc2cc(C(=O)O)ccc2Br)c1F. The molecule has 0 amide bonds. The van der Waals surface area contributed by atoms with Crippen molar-refractivity contribution in [1.82, 2.24) is 9.97 Å². The van der Waals surface area contributed by atoms with Crippen molar-refractivity contribution in [2.45, 2.75) is 13.3 Å². The number of aromatic carboxylic acids is 1. The first kappa shape index (κ1) is 14.4. The largest absolute Gasteiger partial charge is 0.478 e. The molecule has 0 aliphatic rings. The third-order valence-electron chi connectivity index (χ3n) is 2.55. The Morgan fingerprint density at radius 1 is 1.45 bits per heavy atom. The maximum atomic E-state index is 14.0. The number of carbonyl (C=O) groups is 1. The lowest BCUT2D eigenvalue weighted by Gasteiger charge is -2.09. The molecule has 0 atom stereocenters. The van der Waals surface area contributed by atoms with Crippen LogP contribution in [-0.2, 0) is 6.42 Å². The Bertz CT molecular complexity index is 664. The zero-order chi connectivity index (χ0) is 14.7. The van der Waals surface area contributed by atoms with Crippen molar-refractivity contribution in [3.8, 4) is 11.6 Å². The Morgan fingerprint density at radius 3 is 2.85 bits per heavy atom. The fourth-order valence-electron chi connectivity index (χ4n) is 1.52. The molecule has 0 saturated heterocycles. The van der Waals surface area contributed by atoms with E-state index in [4.69, 9.17) is 9.84 Å². The molecule has 0 bridgehead atoms. The van der Waals surface area contributed by atoms with Crippen molar-refractivity contribution in [1.29, 1.82) is 0 Å². The highest BCUT2D eigenvalue weighted by Crippen LogP contribution is 2.31. The van der Waals surface area contributed by atoms with Gasteiger partial charge in [-0.05, 0) is 40.5 Å². The molecule has 5 nitrogen and oxygen atoms in total. The van der Waals surface area contributed by atoms with Crippen LogP contribution in [0.1, 0.15) is 23.0 Å². The molecule has 2 rings (SSSR count). The average molecular weight is 341 g/mol. The summed E-state index contributed by atoms with van der Waals surface area (Å²) >= 11 is 3.21. The number of rotatable bonds is 4. The maximum absolute atomic E-state index is 14.0. The van der Waals surface area contributed by atoms with Gasteiger partial charge in [0.05, 0.1) is 15.7 Å².